The Balaban J connectivity index is 2.13. The molecule has 20 heavy (non-hydrogen) atoms. The fourth-order valence-corrected chi connectivity index (χ4v) is 2.02. The Morgan fingerprint density at radius 2 is 2.10 bits per heavy atom. The normalized spacial score (nSPS) is 10.6. The molecule has 2 aromatic heterocycles. The molecule has 0 spiro atoms. The van der Waals surface area contributed by atoms with Crippen molar-refractivity contribution in [1.82, 2.24) is 9.97 Å². The van der Waals surface area contributed by atoms with Gasteiger partial charge in [-0.15, -0.1) is 0 Å². The van der Waals surface area contributed by atoms with Gasteiger partial charge in [-0.1, -0.05) is 6.92 Å². The summed E-state index contributed by atoms with van der Waals surface area (Å²) in [5.41, 5.74) is 1.05. The second-order valence-electron chi connectivity index (χ2n) is 5.00. The number of aryl methyl sites for hydroxylation is 2. The molecule has 108 valence electrons. The van der Waals surface area contributed by atoms with E-state index in [1.54, 1.807) is 0 Å². The molecule has 0 saturated heterocycles. The average molecular weight is 274 g/mol. The van der Waals surface area contributed by atoms with Gasteiger partial charge in [0, 0.05) is 25.4 Å². The van der Waals surface area contributed by atoms with Gasteiger partial charge in [-0.3, -0.25) is 0 Å². The fourth-order valence-electron chi connectivity index (χ4n) is 2.02. The van der Waals surface area contributed by atoms with Crippen molar-refractivity contribution in [1.29, 1.82) is 0 Å². The molecule has 5 nitrogen and oxygen atoms in total. The van der Waals surface area contributed by atoms with Gasteiger partial charge in [0.05, 0.1) is 6.54 Å². The monoisotopic (exact) mass is 274 g/mol. The lowest BCUT2D eigenvalue weighted by Gasteiger charge is -2.19. The Labute approximate surface area is 120 Å². The lowest BCUT2D eigenvalue weighted by Crippen LogP contribution is -2.19. The number of anilines is 2. The van der Waals surface area contributed by atoms with E-state index in [0.717, 1.165) is 35.9 Å². The lowest BCUT2D eigenvalue weighted by molar-refractivity contribution is 0.481. The zero-order valence-corrected chi connectivity index (χ0v) is 12.6. The topological polar surface area (TPSA) is 54.2 Å². The van der Waals surface area contributed by atoms with Gasteiger partial charge in [0.15, 0.2) is 0 Å². The van der Waals surface area contributed by atoms with Gasteiger partial charge >= 0.3 is 0 Å². The molecule has 0 aromatic carbocycles. The van der Waals surface area contributed by atoms with E-state index < -0.39 is 0 Å². The summed E-state index contributed by atoms with van der Waals surface area (Å²) < 4.78 is 5.61. The minimum atomic E-state index is 0.676. The van der Waals surface area contributed by atoms with Gasteiger partial charge in [0.1, 0.15) is 17.3 Å². The summed E-state index contributed by atoms with van der Waals surface area (Å²) in [6, 6.07) is 3.98. The van der Waals surface area contributed by atoms with Crippen LogP contribution in [0, 0.1) is 13.8 Å². The summed E-state index contributed by atoms with van der Waals surface area (Å²) in [5.74, 6) is 3.46. The second kappa shape index (κ2) is 6.41. The van der Waals surface area contributed by atoms with Crippen LogP contribution < -0.4 is 10.2 Å². The van der Waals surface area contributed by atoms with Crippen LogP contribution in [-0.2, 0) is 6.54 Å². The standard InChI is InChI=1S/C15H22N4O/c1-5-8-16-15-17-9-11(2)14(18-15)19(4)10-13-7-6-12(3)20-13/h6-7,9H,5,8,10H2,1-4H3,(H,16,17,18). The fraction of sp³-hybridized carbons (Fsp3) is 0.467. The van der Waals surface area contributed by atoms with E-state index in [1.165, 1.54) is 0 Å². The summed E-state index contributed by atoms with van der Waals surface area (Å²) in [6.45, 7) is 7.66. The van der Waals surface area contributed by atoms with Gasteiger partial charge in [0.2, 0.25) is 5.95 Å². The zero-order valence-electron chi connectivity index (χ0n) is 12.6. The van der Waals surface area contributed by atoms with Crippen LogP contribution in [0.15, 0.2) is 22.7 Å². The van der Waals surface area contributed by atoms with Crippen LogP contribution in [0.3, 0.4) is 0 Å². The highest BCUT2D eigenvalue weighted by atomic mass is 16.3. The molecule has 0 atom stereocenters. The third kappa shape index (κ3) is 3.50. The van der Waals surface area contributed by atoms with Crippen LogP contribution in [0.4, 0.5) is 11.8 Å². The Morgan fingerprint density at radius 3 is 2.75 bits per heavy atom. The first-order chi connectivity index (χ1) is 9.60. The van der Waals surface area contributed by atoms with Crippen LogP contribution in [0.1, 0.15) is 30.4 Å². The average Bonchev–Trinajstić information content (AvgIpc) is 2.83. The van der Waals surface area contributed by atoms with Crippen molar-refractivity contribution in [3.8, 4) is 0 Å². The predicted molar refractivity (Wildman–Crippen MR) is 81.1 cm³/mol. The van der Waals surface area contributed by atoms with E-state index in [9.17, 15) is 0 Å². The number of rotatable bonds is 6. The quantitative estimate of drug-likeness (QED) is 0.877. The highest BCUT2D eigenvalue weighted by Gasteiger charge is 2.11. The molecule has 1 N–H and O–H groups in total. The zero-order chi connectivity index (χ0) is 14.5. The third-order valence-electron chi connectivity index (χ3n) is 3.03. The maximum atomic E-state index is 5.61. The van der Waals surface area contributed by atoms with E-state index in [0.29, 0.717) is 12.5 Å². The largest absolute Gasteiger partial charge is 0.464 e. The van der Waals surface area contributed by atoms with E-state index in [4.69, 9.17) is 4.42 Å². The summed E-state index contributed by atoms with van der Waals surface area (Å²) in [4.78, 5) is 10.9. The Kier molecular flexibility index (Phi) is 4.61. The summed E-state index contributed by atoms with van der Waals surface area (Å²) in [7, 11) is 2.01. The van der Waals surface area contributed by atoms with Crippen molar-refractivity contribution in [2.75, 3.05) is 23.8 Å². The molecule has 0 amide bonds. The molecule has 0 saturated carbocycles. The number of nitrogens with one attached hydrogen (secondary N) is 1. The first kappa shape index (κ1) is 14.4. The lowest BCUT2D eigenvalue weighted by atomic mass is 10.3. The Bertz CT molecular complexity index is 565. The molecule has 0 aliphatic rings. The van der Waals surface area contributed by atoms with E-state index in [1.807, 2.05) is 39.2 Å². The molecule has 0 fully saturated rings. The van der Waals surface area contributed by atoms with Crippen molar-refractivity contribution in [3.63, 3.8) is 0 Å². The highest BCUT2D eigenvalue weighted by Crippen LogP contribution is 2.19. The minimum absolute atomic E-state index is 0.676. The maximum Gasteiger partial charge on any atom is 0.224 e. The van der Waals surface area contributed by atoms with E-state index >= 15 is 0 Å². The summed E-state index contributed by atoms with van der Waals surface area (Å²) in [5, 5.41) is 3.21. The molecule has 0 unspecified atom stereocenters. The smallest absolute Gasteiger partial charge is 0.224 e. The first-order valence-electron chi connectivity index (χ1n) is 6.94. The minimum Gasteiger partial charge on any atom is -0.464 e. The number of nitrogens with zero attached hydrogens (tertiary/aromatic N) is 3. The van der Waals surface area contributed by atoms with Crippen molar-refractivity contribution < 1.29 is 4.42 Å². The van der Waals surface area contributed by atoms with Crippen molar-refractivity contribution in [2.24, 2.45) is 0 Å². The van der Waals surface area contributed by atoms with Crippen LogP contribution in [0.2, 0.25) is 0 Å². The summed E-state index contributed by atoms with van der Waals surface area (Å²) >= 11 is 0. The number of hydrogen-bond acceptors (Lipinski definition) is 5. The van der Waals surface area contributed by atoms with Gasteiger partial charge in [0.25, 0.3) is 0 Å². The molecule has 0 radical (unpaired) electrons. The molecule has 2 rings (SSSR count). The van der Waals surface area contributed by atoms with Crippen LogP contribution in [-0.4, -0.2) is 23.6 Å². The Hall–Kier alpha value is -2.04. The Morgan fingerprint density at radius 1 is 1.30 bits per heavy atom. The molecular weight excluding hydrogens is 252 g/mol. The van der Waals surface area contributed by atoms with Gasteiger partial charge in [-0.2, -0.15) is 4.98 Å². The van der Waals surface area contributed by atoms with Gasteiger partial charge in [-0.25, -0.2) is 4.98 Å². The molecule has 0 aliphatic heterocycles. The number of aromatic nitrogens is 2. The molecule has 0 bridgehead atoms. The van der Waals surface area contributed by atoms with Crippen molar-refractivity contribution >= 4 is 11.8 Å². The number of hydrogen-bond donors (Lipinski definition) is 1. The first-order valence-corrected chi connectivity index (χ1v) is 6.94. The second-order valence-corrected chi connectivity index (χ2v) is 5.00. The molecule has 2 aromatic rings. The van der Waals surface area contributed by atoms with Crippen molar-refractivity contribution in [3.05, 3.63) is 35.4 Å². The predicted octanol–water partition coefficient (Wildman–Crippen LogP) is 3.14. The van der Waals surface area contributed by atoms with Crippen LogP contribution >= 0.6 is 0 Å². The van der Waals surface area contributed by atoms with Crippen LogP contribution in [0.25, 0.3) is 0 Å². The van der Waals surface area contributed by atoms with E-state index in [-0.39, 0.29) is 0 Å². The SMILES string of the molecule is CCCNc1ncc(C)c(N(C)Cc2ccc(C)o2)n1. The highest BCUT2D eigenvalue weighted by molar-refractivity contribution is 5.48. The van der Waals surface area contributed by atoms with Crippen LogP contribution in [0.5, 0.6) is 0 Å². The number of furan rings is 1. The van der Waals surface area contributed by atoms with Gasteiger partial charge < -0.3 is 14.6 Å². The molecule has 0 aliphatic carbocycles. The van der Waals surface area contributed by atoms with E-state index in [2.05, 4.69) is 27.1 Å². The third-order valence-corrected chi connectivity index (χ3v) is 3.03. The van der Waals surface area contributed by atoms with Crippen molar-refractivity contribution in [2.45, 2.75) is 33.7 Å². The molecule has 5 heteroatoms. The van der Waals surface area contributed by atoms with Gasteiger partial charge in [-0.05, 0) is 32.4 Å². The molecule has 2 heterocycles. The maximum absolute atomic E-state index is 5.61. The molecular formula is C15H22N4O. The summed E-state index contributed by atoms with van der Waals surface area (Å²) in [6.07, 6.45) is 2.90.